The molecular weight excluding hydrogens is 350 g/mol. The highest BCUT2D eigenvalue weighted by Gasteiger charge is 2.32. The summed E-state index contributed by atoms with van der Waals surface area (Å²) in [7, 11) is 2.02. The van der Waals surface area contributed by atoms with Gasteiger partial charge < -0.3 is 14.2 Å². The molecule has 1 fully saturated rings. The maximum atomic E-state index is 12.5. The summed E-state index contributed by atoms with van der Waals surface area (Å²) in [6, 6.07) is 10.6. The maximum absolute atomic E-state index is 12.5. The molecule has 144 valence electrons. The van der Waals surface area contributed by atoms with Gasteiger partial charge in [0.15, 0.2) is 5.75 Å². The molecule has 0 N–H and O–H groups in total. The van der Waals surface area contributed by atoms with Gasteiger partial charge in [-0.3, -0.25) is 4.79 Å². The monoisotopic (exact) mass is 375 g/mol. The van der Waals surface area contributed by atoms with E-state index < -0.39 is 0 Å². The number of imidazole rings is 1. The van der Waals surface area contributed by atoms with Crippen molar-refractivity contribution < 1.29 is 9.53 Å². The fraction of sp³-hybridized carbons (Fsp3) is 0.391. The van der Waals surface area contributed by atoms with E-state index in [1.807, 2.05) is 18.9 Å². The third-order valence-electron chi connectivity index (χ3n) is 6.25. The van der Waals surface area contributed by atoms with Crippen molar-refractivity contribution in [1.82, 2.24) is 9.55 Å². The van der Waals surface area contributed by atoms with E-state index >= 15 is 0 Å². The molecule has 1 aromatic heterocycles. The highest BCUT2D eigenvalue weighted by molar-refractivity contribution is 6.00. The molecule has 1 amide bonds. The molecule has 5 nitrogen and oxygen atoms in total. The summed E-state index contributed by atoms with van der Waals surface area (Å²) in [6.07, 6.45) is 3.36. The average Bonchev–Trinajstić information content (AvgIpc) is 3.25. The molecule has 2 aliphatic rings. The second-order valence-electron chi connectivity index (χ2n) is 7.94. The van der Waals surface area contributed by atoms with Crippen molar-refractivity contribution in [2.75, 3.05) is 11.4 Å². The fourth-order valence-electron chi connectivity index (χ4n) is 4.59. The van der Waals surface area contributed by atoms with Crippen LogP contribution in [0, 0.1) is 13.8 Å². The van der Waals surface area contributed by atoms with Gasteiger partial charge in [-0.2, -0.15) is 0 Å². The Bertz CT molecular complexity index is 1100. The number of aryl methyl sites for hydroxylation is 3. The van der Waals surface area contributed by atoms with Crippen LogP contribution in [-0.2, 0) is 18.3 Å². The van der Waals surface area contributed by atoms with Crippen molar-refractivity contribution in [3.8, 4) is 5.75 Å². The second-order valence-corrected chi connectivity index (χ2v) is 7.94. The molecule has 28 heavy (non-hydrogen) atoms. The minimum absolute atomic E-state index is 0.0174. The Hall–Kier alpha value is -2.82. The highest BCUT2D eigenvalue weighted by atomic mass is 16.5. The third-order valence-corrected chi connectivity index (χ3v) is 6.25. The van der Waals surface area contributed by atoms with Crippen LogP contribution in [0.15, 0.2) is 30.3 Å². The first-order valence-electron chi connectivity index (χ1n) is 10.1. The number of ether oxygens (including phenoxy) is 1. The van der Waals surface area contributed by atoms with Gasteiger partial charge in [0.2, 0.25) is 5.91 Å². The molecule has 0 bridgehead atoms. The van der Waals surface area contributed by atoms with Gasteiger partial charge in [0, 0.05) is 25.6 Å². The summed E-state index contributed by atoms with van der Waals surface area (Å²) in [5, 5.41) is 0. The lowest BCUT2D eigenvalue weighted by Gasteiger charge is -2.31. The molecule has 0 aliphatic carbocycles. The van der Waals surface area contributed by atoms with E-state index in [1.165, 1.54) is 11.1 Å². The van der Waals surface area contributed by atoms with Gasteiger partial charge in [-0.15, -0.1) is 0 Å². The number of hydrogen-bond donors (Lipinski definition) is 0. The van der Waals surface area contributed by atoms with Crippen molar-refractivity contribution in [2.45, 2.75) is 45.6 Å². The lowest BCUT2D eigenvalue weighted by Crippen LogP contribution is -2.27. The van der Waals surface area contributed by atoms with Crippen molar-refractivity contribution >= 4 is 22.6 Å². The number of amides is 1. The van der Waals surface area contributed by atoms with E-state index in [0.29, 0.717) is 6.42 Å². The fourth-order valence-corrected chi connectivity index (χ4v) is 4.59. The number of fused-ring (bicyclic) bond motifs is 3. The van der Waals surface area contributed by atoms with E-state index in [2.05, 4.69) is 41.8 Å². The first kappa shape index (κ1) is 17.3. The molecule has 0 spiro atoms. The molecular formula is C23H25N3O2. The van der Waals surface area contributed by atoms with E-state index in [0.717, 1.165) is 59.7 Å². The van der Waals surface area contributed by atoms with E-state index in [4.69, 9.17) is 9.72 Å². The van der Waals surface area contributed by atoms with Crippen LogP contribution in [0.3, 0.4) is 0 Å². The van der Waals surface area contributed by atoms with Gasteiger partial charge in [0.05, 0.1) is 11.2 Å². The maximum Gasteiger partial charge on any atom is 0.227 e. The van der Waals surface area contributed by atoms with Crippen LogP contribution in [0.1, 0.15) is 47.9 Å². The normalized spacial score (nSPS) is 19.2. The summed E-state index contributed by atoms with van der Waals surface area (Å²) >= 11 is 0. The average molecular weight is 375 g/mol. The summed E-state index contributed by atoms with van der Waals surface area (Å²) < 4.78 is 8.69. The first-order valence-corrected chi connectivity index (χ1v) is 10.1. The topological polar surface area (TPSA) is 47.4 Å². The molecule has 2 aliphatic heterocycles. The van der Waals surface area contributed by atoms with Crippen LogP contribution in [0.2, 0.25) is 0 Å². The molecule has 2 aromatic carbocycles. The van der Waals surface area contributed by atoms with Gasteiger partial charge in [0.1, 0.15) is 17.4 Å². The number of rotatable bonds is 2. The summed E-state index contributed by atoms with van der Waals surface area (Å²) in [5.74, 6) is 2.01. The lowest BCUT2D eigenvalue weighted by molar-refractivity contribution is -0.117. The van der Waals surface area contributed by atoms with Crippen molar-refractivity contribution in [3.05, 3.63) is 52.8 Å². The van der Waals surface area contributed by atoms with E-state index in [9.17, 15) is 4.79 Å². The minimum Gasteiger partial charge on any atom is -0.483 e. The van der Waals surface area contributed by atoms with Crippen LogP contribution in [0.4, 0.5) is 5.69 Å². The second kappa shape index (κ2) is 6.36. The number of carbonyl (C=O) groups excluding carboxylic acids is 1. The Kier molecular flexibility index (Phi) is 3.93. The van der Waals surface area contributed by atoms with Gasteiger partial charge in [-0.25, -0.2) is 4.98 Å². The lowest BCUT2D eigenvalue weighted by atomic mass is 9.93. The smallest absolute Gasteiger partial charge is 0.227 e. The van der Waals surface area contributed by atoms with E-state index in [1.54, 1.807) is 0 Å². The first-order chi connectivity index (χ1) is 13.5. The number of hydrogen-bond acceptors (Lipinski definition) is 3. The number of anilines is 1. The summed E-state index contributed by atoms with van der Waals surface area (Å²) in [6.45, 7) is 4.93. The Labute approximate surface area is 164 Å². The predicted molar refractivity (Wildman–Crippen MR) is 110 cm³/mol. The molecule has 1 atom stereocenters. The van der Waals surface area contributed by atoms with Crippen molar-refractivity contribution in [1.29, 1.82) is 0 Å². The van der Waals surface area contributed by atoms with Gasteiger partial charge in [-0.05, 0) is 50.3 Å². The van der Waals surface area contributed by atoms with Crippen LogP contribution >= 0.6 is 0 Å². The zero-order valence-electron chi connectivity index (χ0n) is 16.7. The molecule has 1 unspecified atom stereocenters. The number of benzene rings is 2. The van der Waals surface area contributed by atoms with Gasteiger partial charge >= 0.3 is 0 Å². The van der Waals surface area contributed by atoms with E-state index in [-0.39, 0.29) is 12.0 Å². The molecule has 5 rings (SSSR count). The molecule has 3 aromatic rings. The van der Waals surface area contributed by atoms with Crippen molar-refractivity contribution in [3.63, 3.8) is 0 Å². The summed E-state index contributed by atoms with van der Waals surface area (Å²) in [4.78, 5) is 19.2. The number of aromatic nitrogens is 2. The van der Waals surface area contributed by atoms with Crippen LogP contribution in [-0.4, -0.2) is 22.0 Å². The number of carbonyl (C=O) groups is 1. The molecule has 0 radical (unpaired) electrons. The van der Waals surface area contributed by atoms with Gasteiger partial charge in [0.25, 0.3) is 0 Å². The highest BCUT2D eigenvalue weighted by Crippen LogP contribution is 2.45. The SMILES string of the molecule is Cc1ccccc1C1CCc2c(N3CCCC3=O)cc3c(nc(C)n3C)c2O1. The van der Waals surface area contributed by atoms with Crippen LogP contribution in [0.25, 0.3) is 11.0 Å². The standard InChI is InChI=1S/C23H25N3O2/c1-14-7-4-5-8-16(14)20-11-10-17-18(26-12-6-9-21(26)27)13-19-22(23(17)28-20)24-15(2)25(19)3/h4-5,7-8,13,20H,6,9-12H2,1-3H3. The number of nitrogens with zero attached hydrogens (tertiary/aromatic N) is 3. The Balaban J connectivity index is 1.69. The largest absolute Gasteiger partial charge is 0.483 e. The minimum atomic E-state index is 0.0174. The molecule has 0 saturated carbocycles. The predicted octanol–water partition coefficient (Wildman–Crippen LogP) is 4.38. The van der Waals surface area contributed by atoms with Gasteiger partial charge in [-0.1, -0.05) is 24.3 Å². The molecule has 3 heterocycles. The zero-order chi connectivity index (χ0) is 19.4. The van der Waals surface area contributed by atoms with Crippen molar-refractivity contribution in [2.24, 2.45) is 7.05 Å². The van der Waals surface area contributed by atoms with Crippen LogP contribution < -0.4 is 9.64 Å². The molecule has 1 saturated heterocycles. The van der Waals surface area contributed by atoms with Crippen LogP contribution in [0.5, 0.6) is 5.75 Å². The Morgan fingerprint density at radius 3 is 2.75 bits per heavy atom. The Morgan fingerprint density at radius 2 is 2.00 bits per heavy atom. The quantitative estimate of drug-likeness (QED) is 0.668. The molecule has 5 heteroatoms. The summed E-state index contributed by atoms with van der Waals surface area (Å²) in [5.41, 5.74) is 6.55. The Morgan fingerprint density at radius 1 is 1.18 bits per heavy atom. The third kappa shape index (κ3) is 2.53. The zero-order valence-corrected chi connectivity index (χ0v) is 16.7.